The molecule has 0 heterocycles. The van der Waals surface area contributed by atoms with E-state index in [9.17, 15) is 15.2 Å². The minimum absolute atomic E-state index is 0.265. The van der Waals surface area contributed by atoms with Crippen LogP contribution in [0.2, 0.25) is 0 Å². The van der Waals surface area contributed by atoms with Crippen LogP contribution in [0.1, 0.15) is 25.3 Å². The molecule has 0 unspecified atom stereocenters. The third-order valence-electron chi connectivity index (χ3n) is 3.52. The first kappa shape index (κ1) is 15.8. The van der Waals surface area contributed by atoms with E-state index in [4.69, 9.17) is 0 Å². The number of nitro benzene ring substituents is 1. The second kappa shape index (κ2) is 7.45. The summed E-state index contributed by atoms with van der Waals surface area (Å²) in [5, 5.41) is 20.6. The maximum atomic E-state index is 10.8. The number of hydrogen-bond acceptors (Lipinski definition) is 4. The first-order valence-corrected chi connectivity index (χ1v) is 7.38. The van der Waals surface area contributed by atoms with Crippen molar-refractivity contribution in [1.82, 2.24) is 0 Å². The van der Waals surface area contributed by atoms with Crippen molar-refractivity contribution in [2.24, 2.45) is 0 Å². The molecular formula is C17H20N2O3. The Morgan fingerprint density at radius 3 is 2.50 bits per heavy atom. The van der Waals surface area contributed by atoms with Gasteiger partial charge in [-0.1, -0.05) is 43.7 Å². The molecule has 0 aliphatic carbocycles. The zero-order chi connectivity index (χ0) is 15.9. The number of unbranched alkanes of at least 4 members (excludes halogenated alkanes) is 1. The van der Waals surface area contributed by atoms with E-state index in [0.29, 0.717) is 6.54 Å². The Kier molecular flexibility index (Phi) is 5.36. The summed E-state index contributed by atoms with van der Waals surface area (Å²) in [6, 6.07) is 14.6. The molecule has 0 aliphatic heterocycles. The van der Waals surface area contributed by atoms with Crippen molar-refractivity contribution in [1.29, 1.82) is 0 Å². The number of phenols is 1. The van der Waals surface area contributed by atoms with Crippen LogP contribution in [0.3, 0.4) is 0 Å². The van der Waals surface area contributed by atoms with Crippen molar-refractivity contribution < 1.29 is 10.0 Å². The molecular weight excluding hydrogens is 280 g/mol. The van der Waals surface area contributed by atoms with Crippen molar-refractivity contribution in [3.05, 3.63) is 64.2 Å². The lowest BCUT2D eigenvalue weighted by atomic mass is 10.1. The monoisotopic (exact) mass is 300 g/mol. The van der Waals surface area contributed by atoms with Crippen molar-refractivity contribution in [2.75, 3.05) is 11.4 Å². The van der Waals surface area contributed by atoms with Crippen molar-refractivity contribution >= 4 is 11.4 Å². The van der Waals surface area contributed by atoms with Crippen LogP contribution in [0.5, 0.6) is 5.75 Å². The molecule has 2 aromatic rings. The number of rotatable bonds is 7. The summed E-state index contributed by atoms with van der Waals surface area (Å²) in [6.07, 6.45) is 2.08. The largest absolute Gasteiger partial charge is 0.502 e. The molecule has 5 heteroatoms. The second-order valence-corrected chi connectivity index (χ2v) is 5.19. The second-order valence-electron chi connectivity index (χ2n) is 5.19. The Morgan fingerprint density at radius 2 is 1.91 bits per heavy atom. The van der Waals surface area contributed by atoms with Crippen LogP contribution in [0, 0.1) is 10.1 Å². The molecule has 0 aliphatic rings. The number of benzene rings is 2. The molecule has 0 fully saturated rings. The van der Waals surface area contributed by atoms with Crippen LogP contribution in [0.15, 0.2) is 48.5 Å². The maximum Gasteiger partial charge on any atom is 0.310 e. The summed E-state index contributed by atoms with van der Waals surface area (Å²) >= 11 is 0. The Hall–Kier alpha value is -2.56. The van der Waals surface area contributed by atoms with Gasteiger partial charge in [-0.15, -0.1) is 0 Å². The van der Waals surface area contributed by atoms with E-state index in [2.05, 4.69) is 11.8 Å². The highest BCUT2D eigenvalue weighted by Crippen LogP contribution is 2.31. The van der Waals surface area contributed by atoms with Crippen molar-refractivity contribution in [3.63, 3.8) is 0 Å². The molecule has 0 radical (unpaired) electrons. The van der Waals surface area contributed by atoms with Crippen LogP contribution in [-0.2, 0) is 6.54 Å². The number of nitro groups is 1. The molecule has 116 valence electrons. The minimum Gasteiger partial charge on any atom is -0.502 e. The summed E-state index contributed by atoms with van der Waals surface area (Å²) in [6.45, 7) is 3.66. The molecule has 0 bridgehead atoms. The topological polar surface area (TPSA) is 66.6 Å². The predicted octanol–water partition coefficient (Wildman–Crippen LogP) is 4.11. The number of phenolic OH excluding ortho intramolecular Hbond substituents is 1. The van der Waals surface area contributed by atoms with Crippen molar-refractivity contribution in [3.8, 4) is 5.75 Å². The van der Waals surface area contributed by atoms with Crippen LogP contribution in [0.25, 0.3) is 0 Å². The van der Waals surface area contributed by atoms with Crippen LogP contribution in [0.4, 0.5) is 11.4 Å². The van der Waals surface area contributed by atoms with Gasteiger partial charge < -0.3 is 10.0 Å². The fourth-order valence-electron chi connectivity index (χ4n) is 2.32. The van der Waals surface area contributed by atoms with Gasteiger partial charge in [0.15, 0.2) is 5.75 Å². The highest BCUT2D eigenvalue weighted by molar-refractivity contribution is 5.58. The molecule has 1 N–H and O–H groups in total. The lowest BCUT2D eigenvalue weighted by Gasteiger charge is -2.25. The first-order chi connectivity index (χ1) is 10.6. The molecule has 0 saturated carbocycles. The normalized spacial score (nSPS) is 10.4. The number of nitrogens with zero attached hydrogens (tertiary/aromatic N) is 2. The quantitative estimate of drug-likeness (QED) is 0.617. The van der Waals surface area contributed by atoms with Gasteiger partial charge in [0.1, 0.15) is 0 Å². The summed E-state index contributed by atoms with van der Waals surface area (Å²) in [4.78, 5) is 12.3. The van der Waals surface area contributed by atoms with Gasteiger partial charge in [-0.2, -0.15) is 0 Å². The van der Waals surface area contributed by atoms with Gasteiger partial charge >= 0.3 is 5.69 Å². The summed E-state index contributed by atoms with van der Waals surface area (Å²) in [7, 11) is 0. The Labute approximate surface area is 130 Å². The van der Waals surface area contributed by atoms with Gasteiger partial charge in [0.05, 0.1) is 4.92 Å². The fraction of sp³-hybridized carbons (Fsp3) is 0.294. The molecule has 22 heavy (non-hydrogen) atoms. The standard InChI is InChI=1S/C17H20N2O3/c1-2-3-11-18(13-14-7-5-4-6-8-14)15-9-10-16(19(21)22)17(20)12-15/h4-10,12,20H,2-3,11,13H2,1H3. The molecule has 0 spiro atoms. The molecule has 0 saturated heterocycles. The van der Waals surface area contributed by atoms with Gasteiger partial charge in [0, 0.05) is 30.9 Å². The Balaban J connectivity index is 2.25. The zero-order valence-electron chi connectivity index (χ0n) is 12.6. The third kappa shape index (κ3) is 3.97. The average Bonchev–Trinajstić information content (AvgIpc) is 2.52. The Bertz CT molecular complexity index is 629. The van der Waals surface area contributed by atoms with Gasteiger partial charge in [-0.3, -0.25) is 10.1 Å². The molecule has 5 nitrogen and oxygen atoms in total. The van der Waals surface area contributed by atoms with E-state index in [0.717, 1.165) is 30.6 Å². The van der Waals surface area contributed by atoms with E-state index >= 15 is 0 Å². The fourth-order valence-corrected chi connectivity index (χ4v) is 2.32. The van der Waals surface area contributed by atoms with Crippen LogP contribution in [-0.4, -0.2) is 16.6 Å². The number of aromatic hydroxyl groups is 1. The third-order valence-corrected chi connectivity index (χ3v) is 3.52. The minimum atomic E-state index is -0.577. The average molecular weight is 300 g/mol. The van der Waals surface area contributed by atoms with Gasteiger partial charge in [0.25, 0.3) is 0 Å². The zero-order valence-corrected chi connectivity index (χ0v) is 12.6. The number of anilines is 1. The van der Waals surface area contributed by atoms with Crippen LogP contribution < -0.4 is 4.90 Å². The molecule has 0 atom stereocenters. The summed E-state index contributed by atoms with van der Waals surface area (Å²) in [5.41, 5.74) is 1.69. The van der Waals surface area contributed by atoms with Crippen LogP contribution >= 0.6 is 0 Å². The molecule has 0 aromatic heterocycles. The highest BCUT2D eigenvalue weighted by Gasteiger charge is 2.16. The Morgan fingerprint density at radius 1 is 1.18 bits per heavy atom. The highest BCUT2D eigenvalue weighted by atomic mass is 16.6. The first-order valence-electron chi connectivity index (χ1n) is 7.38. The molecule has 0 amide bonds. The lowest BCUT2D eigenvalue weighted by molar-refractivity contribution is -0.385. The summed E-state index contributed by atoms with van der Waals surface area (Å²) in [5.74, 6) is -0.294. The van der Waals surface area contributed by atoms with Crippen molar-refractivity contribution in [2.45, 2.75) is 26.3 Å². The van der Waals surface area contributed by atoms with E-state index in [1.165, 1.54) is 12.1 Å². The SMILES string of the molecule is CCCCN(Cc1ccccc1)c1ccc([N+](=O)[O-])c(O)c1. The molecule has 2 rings (SSSR count). The van der Waals surface area contributed by atoms with E-state index < -0.39 is 4.92 Å². The van der Waals surface area contributed by atoms with Gasteiger partial charge in [0.2, 0.25) is 0 Å². The maximum absolute atomic E-state index is 10.8. The molecule has 2 aromatic carbocycles. The van der Waals surface area contributed by atoms with E-state index in [-0.39, 0.29) is 11.4 Å². The lowest BCUT2D eigenvalue weighted by Crippen LogP contribution is -2.23. The van der Waals surface area contributed by atoms with Gasteiger partial charge in [-0.25, -0.2) is 0 Å². The summed E-state index contributed by atoms with van der Waals surface area (Å²) < 4.78 is 0. The van der Waals surface area contributed by atoms with Gasteiger partial charge in [-0.05, 0) is 18.1 Å². The van der Waals surface area contributed by atoms with E-state index in [1.54, 1.807) is 6.07 Å². The smallest absolute Gasteiger partial charge is 0.310 e. The predicted molar refractivity (Wildman–Crippen MR) is 87.2 cm³/mol. The number of hydrogen-bond donors (Lipinski definition) is 1. The van der Waals surface area contributed by atoms with E-state index in [1.807, 2.05) is 30.3 Å².